The number of nitrogens with zero attached hydrogens (tertiary/aromatic N) is 2. The molecule has 0 saturated carbocycles. The molecule has 1 unspecified atom stereocenters. The van der Waals surface area contributed by atoms with Gasteiger partial charge in [0.2, 0.25) is 0 Å². The van der Waals surface area contributed by atoms with Crippen LogP contribution in [0.2, 0.25) is 0 Å². The lowest BCUT2D eigenvalue weighted by Crippen LogP contribution is -2.38. The molecule has 0 spiro atoms. The van der Waals surface area contributed by atoms with Crippen molar-refractivity contribution in [1.29, 1.82) is 0 Å². The Hall–Kier alpha value is -2.50. The number of rotatable bonds is 9. The molecular formula is C20H30N4O2. The van der Waals surface area contributed by atoms with Gasteiger partial charge in [-0.05, 0) is 43.4 Å². The average molecular weight is 358 g/mol. The second kappa shape index (κ2) is 10.5. The van der Waals surface area contributed by atoms with Crippen LogP contribution in [-0.2, 0) is 13.0 Å². The summed E-state index contributed by atoms with van der Waals surface area (Å²) in [6, 6.07) is 10.2. The predicted octanol–water partition coefficient (Wildman–Crippen LogP) is 3.49. The topological polar surface area (TPSA) is 71.7 Å². The Labute approximate surface area is 156 Å². The molecule has 0 bridgehead atoms. The SMILES string of the molecule is CCNC(=NCc1cc(CC)no1)NCCC(C)c1ccc(OC)cc1. The van der Waals surface area contributed by atoms with Gasteiger partial charge in [0.15, 0.2) is 11.7 Å². The van der Waals surface area contributed by atoms with Crippen LogP contribution < -0.4 is 15.4 Å². The number of guanidine groups is 1. The van der Waals surface area contributed by atoms with Crippen molar-refractivity contribution in [2.45, 2.75) is 46.1 Å². The summed E-state index contributed by atoms with van der Waals surface area (Å²) in [6.07, 6.45) is 1.88. The van der Waals surface area contributed by atoms with Crippen molar-refractivity contribution in [3.63, 3.8) is 0 Å². The fourth-order valence-electron chi connectivity index (χ4n) is 2.60. The smallest absolute Gasteiger partial charge is 0.191 e. The summed E-state index contributed by atoms with van der Waals surface area (Å²) in [6.45, 7) is 8.48. The largest absolute Gasteiger partial charge is 0.497 e. The molecule has 0 radical (unpaired) electrons. The van der Waals surface area contributed by atoms with E-state index < -0.39 is 0 Å². The molecule has 26 heavy (non-hydrogen) atoms. The van der Waals surface area contributed by atoms with E-state index in [4.69, 9.17) is 9.26 Å². The molecule has 142 valence electrons. The number of hydrogen-bond acceptors (Lipinski definition) is 4. The quantitative estimate of drug-likeness (QED) is 0.530. The van der Waals surface area contributed by atoms with Gasteiger partial charge in [-0.1, -0.05) is 31.1 Å². The minimum atomic E-state index is 0.456. The van der Waals surface area contributed by atoms with Gasteiger partial charge in [-0.3, -0.25) is 0 Å². The Morgan fingerprint density at radius 1 is 1.23 bits per heavy atom. The molecule has 6 heteroatoms. The number of hydrogen-bond donors (Lipinski definition) is 2. The van der Waals surface area contributed by atoms with Crippen LogP contribution in [0, 0.1) is 0 Å². The van der Waals surface area contributed by atoms with E-state index in [-0.39, 0.29) is 0 Å². The van der Waals surface area contributed by atoms with Gasteiger partial charge in [-0.15, -0.1) is 0 Å². The number of methoxy groups -OCH3 is 1. The normalized spacial score (nSPS) is 12.7. The zero-order chi connectivity index (χ0) is 18.8. The molecule has 0 saturated heterocycles. The van der Waals surface area contributed by atoms with Gasteiger partial charge in [0, 0.05) is 19.2 Å². The van der Waals surface area contributed by atoms with Crippen LogP contribution in [0.1, 0.15) is 50.1 Å². The molecule has 1 atom stereocenters. The van der Waals surface area contributed by atoms with Crippen molar-refractivity contribution < 1.29 is 9.26 Å². The monoisotopic (exact) mass is 358 g/mol. The van der Waals surface area contributed by atoms with Gasteiger partial charge in [0.05, 0.1) is 12.8 Å². The fraction of sp³-hybridized carbons (Fsp3) is 0.500. The van der Waals surface area contributed by atoms with Crippen molar-refractivity contribution in [3.8, 4) is 5.75 Å². The van der Waals surface area contributed by atoms with Crippen LogP contribution in [0.3, 0.4) is 0 Å². The zero-order valence-corrected chi connectivity index (χ0v) is 16.2. The molecule has 0 aliphatic rings. The van der Waals surface area contributed by atoms with Gasteiger partial charge in [-0.25, -0.2) is 4.99 Å². The summed E-state index contributed by atoms with van der Waals surface area (Å²) in [7, 11) is 1.69. The van der Waals surface area contributed by atoms with Crippen LogP contribution in [0.15, 0.2) is 39.8 Å². The number of aryl methyl sites for hydroxylation is 1. The zero-order valence-electron chi connectivity index (χ0n) is 16.2. The third-order valence-corrected chi connectivity index (χ3v) is 4.26. The summed E-state index contributed by atoms with van der Waals surface area (Å²) in [5, 5.41) is 10.6. The van der Waals surface area contributed by atoms with Crippen molar-refractivity contribution in [3.05, 3.63) is 47.3 Å². The lowest BCUT2D eigenvalue weighted by Gasteiger charge is -2.15. The Balaban J connectivity index is 1.83. The fourth-order valence-corrected chi connectivity index (χ4v) is 2.60. The molecule has 1 aromatic carbocycles. The Bertz CT molecular complexity index is 679. The third-order valence-electron chi connectivity index (χ3n) is 4.26. The summed E-state index contributed by atoms with van der Waals surface area (Å²) in [4.78, 5) is 4.57. The molecule has 2 rings (SSSR count). The summed E-state index contributed by atoms with van der Waals surface area (Å²) in [5.74, 6) is 2.92. The second-order valence-corrected chi connectivity index (χ2v) is 6.22. The molecule has 0 aliphatic carbocycles. The van der Waals surface area contributed by atoms with Crippen LogP contribution in [0.5, 0.6) is 5.75 Å². The molecule has 6 nitrogen and oxygen atoms in total. The van der Waals surface area contributed by atoms with E-state index in [1.165, 1.54) is 5.56 Å². The summed E-state index contributed by atoms with van der Waals surface area (Å²) >= 11 is 0. The van der Waals surface area contributed by atoms with Gasteiger partial charge in [0.1, 0.15) is 12.3 Å². The summed E-state index contributed by atoms with van der Waals surface area (Å²) < 4.78 is 10.5. The van der Waals surface area contributed by atoms with Gasteiger partial charge in [0.25, 0.3) is 0 Å². The number of aliphatic imine (C=N–C) groups is 1. The Kier molecular flexibility index (Phi) is 7.99. The first kappa shape index (κ1) is 19.8. The van der Waals surface area contributed by atoms with E-state index in [2.05, 4.69) is 53.7 Å². The highest BCUT2D eigenvalue weighted by Gasteiger charge is 2.07. The minimum Gasteiger partial charge on any atom is -0.497 e. The molecule has 1 heterocycles. The van der Waals surface area contributed by atoms with Gasteiger partial charge < -0.3 is 19.9 Å². The van der Waals surface area contributed by atoms with E-state index >= 15 is 0 Å². The number of benzene rings is 1. The maximum Gasteiger partial charge on any atom is 0.191 e. The highest BCUT2D eigenvalue weighted by Crippen LogP contribution is 2.21. The van der Waals surface area contributed by atoms with Crippen molar-refractivity contribution in [2.24, 2.45) is 4.99 Å². The van der Waals surface area contributed by atoms with Gasteiger partial charge >= 0.3 is 0 Å². The lowest BCUT2D eigenvalue weighted by molar-refractivity contribution is 0.379. The Morgan fingerprint density at radius 3 is 2.62 bits per heavy atom. The lowest BCUT2D eigenvalue weighted by atomic mass is 9.98. The molecule has 1 aromatic heterocycles. The Morgan fingerprint density at radius 2 is 2.00 bits per heavy atom. The third kappa shape index (κ3) is 6.10. The first-order valence-corrected chi connectivity index (χ1v) is 9.26. The first-order valence-electron chi connectivity index (χ1n) is 9.26. The van der Waals surface area contributed by atoms with Gasteiger partial charge in [-0.2, -0.15) is 0 Å². The van der Waals surface area contributed by atoms with Crippen molar-refractivity contribution in [2.75, 3.05) is 20.2 Å². The minimum absolute atomic E-state index is 0.456. The van der Waals surface area contributed by atoms with E-state index in [9.17, 15) is 0 Å². The molecule has 0 fully saturated rings. The highest BCUT2D eigenvalue weighted by atomic mass is 16.5. The molecule has 0 aliphatic heterocycles. The van der Waals surface area contributed by atoms with Crippen LogP contribution in [0.4, 0.5) is 0 Å². The molecule has 2 aromatic rings. The maximum atomic E-state index is 5.28. The number of ether oxygens (including phenoxy) is 1. The van der Waals surface area contributed by atoms with Crippen LogP contribution >= 0.6 is 0 Å². The van der Waals surface area contributed by atoms with E-state index in [0.717, 1.165) is 49.1 Å². The molecular weight excluding hydrogens is 328 g/mol. The highest BCUT2D eigenvalue weighted by molar-refractivity contribution is 5.79. The predicted molar refractivity (Wildman–Crippen MR) is 105 cm³/mol. The first-order chi connectivity index (χ1) is 12.7. The van der Waals surface area contributed by atoms with Crippen LogP contribution in [-0.4, -0.2) is 31.3 Å². The van der Waals surface area contributed by atoms with E-state index in [1.54, 1.807) is 7.11 Å². The van der Waals surface area contributed by atoms with E-state index in [0.29, 0.717) is 12.5 Å². The number of nitrogens with one attached hydrogen (secondary N) is 2. The number of aromatic nitrogens is 1. The van der Waals surface area contributed by atoms with Crippen molar-refractivity contribution >= 4 is 5.96 Å². The standard InChI is InChI=1S/C20H30N4O2/c1-5-17-13-19(26-24-17)14-23-20(21-6-2)22-12-11-15(3)16-7-9-18(25-4)10-8-16/h7-10,13,15H,5-6,11-12,14H2,1-4H3,(H2,21,22,23). The second-order valence-electron chi connectivity index (χ2n) is 6.22. The van der Waals surface area contributed by atoms with Crippen LogP contribution in [0.25, 0.3) is 0 Å². The average Bonchev–Trinajstić information content (AvgIpc) is 3.14. The summed E-state index contributed by atoms with van der Waals surface area (Å²) in [5.41, 5.74) is 2.27. The van der Waals surface area contributed by atoms with E-state index in [1.807, 2.05) is 18.2 Å². The maximum absolute atomic E-state index is 5.28. The molecule has 0 amide bonds. The molecule has 2 N–H and O–H groups in total. The van der Waals surface area contributed by atoms with Crippen molar-refractivity contribution in [1.82, 2.24) is 15.8 Å².